The van der Waals surface area contributed by atoms with Gasteiger partial charge in [0.25, 0.3) is 5.91 Å². The fourth-order valence-electron chi connectivity index (χ4n) is 4.01. The second-order valence-corrected chi connectivity index (χ2v) is 8.41. The number of hydrogen-bond donors (Lipinski definition) is 1. The average Bonchev–Trinajstić information content (AvgIpc) is 2.82. The average molecular weight is 448 g/mol. The second-order valence-electron chi connectivity index (χ2n) is 8.41. The Hall–Kier alpha value is -2.77. The molecule has 0 spiro atoms. The van der Waals surface area contributed by atoms with E-state index >= 15 is 0 Å². The molecule has 32 heavy (non-hydrogen) atoms. The minimum absolute atomic E-state index is 0.0460. The predicted molar refractivity (Wildman–Crippen MR) is 123 cm³/mol. The number of benzene rings is 1. The van der Waals surface area contributed by atoms with Crippen LogP contribution in [0.15, 0.2) is 18.2 Å². The Morgan fingerprint density at radius 1 is 1.03 bits per heavy atom. The molecule has 2 rings (SSSR count). The van der Waals surface area contributed by atoms with Gasteiger partial charge in [-0.15, -0.1) is 0 Å². The molecule has 0 aliphatic carbocycles. The zero-order chi connectivity index (χ0) is 23.8. The van der Waals surface area contributed by atoms with Crippen LogP contribution < -0.4 is 14.8 Å². The summed E-state index contributed by atoms with van der Waals surface area (Å²) >= 11 is 0. The monoisotopic (exact) mass is 447 g/mol. The summed E-state index contributed by atoms with van der Waals surface area (Å²) in [4.78, 5) is 42.4. The number of nitrogens with zero attached hydrogens (tertiary/aromatic N) is 2. The third-order valence-electron chi connectivity index (χ3n) is 6.06. The molecule has 1 N–H and O–H groups in total. The number of nitrogens with one attached hydrogen (secondary N) is 1. The number of amides is 3. The molecule has 1 saturated heterocycles. The van der Waals surface area contributed by atoms with Gasteiger partial charge < -0.3 is 24.6 Å². The maximum atomic E-state index is 13.2. The van der Waals surface area contributed by atoms with Gasteiger partial charge in [-0.25, -0.2) is 0 Å². The predicted octanol–water partition coefficient (Wildman–Crippen LogP) is 2.57. The molecule has 1 aliphatic heterocycles. The Morgan fingerprint density at radius 3 is 2.00 bits per heavy atom. The number of methoxy groups -OCH3 is 2. The van der Waals surface area contributed by atoms with E-state index in [1.807, 2.05) is 32.6 Å². The van der Waals surface area contributed by atoms with E-state index in [1.54, 1.807) is 23.1 Å². The minimum Gasteiger partial charge on any atom is -0.497 e. The molecule has 1 aliphatic rings. The van der Waals surface area contributed by atoms with Crippen molar-refractivity contribution in [3.63, 3.8) is 0 Å². The van der Waals surface area contributed by atoms with Gasteiger partial charge in [-0.1, -0.05) is 13.8 Å². The summed E-state index contributed by atoms with van der Waals surface area (Å²) in [6, 6.07) is 4.26. The van der Waals surface area contributed by atoms with Gasteiger partial charge in [-0.05, 0) is 44.7 Å². The number of piperidine rings is 1. The van der Waals surface area contributed by atoms with E-state index < -0.39 is 6.04 Å². The maximum Gasteiger partial charge on any atom is 0.252 e. The molecule has 0 saturated carbocycles. The van der Waals surface area contributed by atoms with Gasteiger partial charge in [0.2, 0.25) is 11.8 Å². The van der Waals surface area contributed by atoms with Crippen LogP contribution in [0.2, 0.25) is 0 Å². The van der Waals surface area contributed by atoms with E-state index in [0.29, 0.717) is 56.1 Å². The Balaban J connectivity index is 2.06. The molecule has 0 aromatic heterocycles. The molecule has 8 nitrogen and oxygen atoms in total. The van der Waals surface area contributed by atoms with Crippen LogP contribution in [0.25, 0.3) is 0 Å². The van der Waals surface area contributed by atoms with Crippen molar-refractivity contribution in [1.82, 2.24) is 15.1 Å². The number of rotatable bonds is 9. The summed E-state index contributed by atoms with van der Waals surface area (Å²) in [6.07, 6.45) is 1.29. The highest BCUT2D eigenvalue weighted by Crippen LogP contribution is 2.24. The van der Waals surface area contributed by atoms with Crippen LogP contribution in [0, 0.1) is 11.8 Å². The fraction of sp³-hybridized carbons (Fsp3) is 0.625. The normalized spacial score (nSPS) is 15.3. The highest BCUT2D eigenvalue weighted by molar-refractivity contribution is 5.98. The summed E-state index contributed by atoms with van der Waals surface area (Å²) in [6.45, 7) is 10.2. The highest BCUT2D eigenvalue weighted by Gasteiger charge is 2.34. The molecule has 1 fully saturated rings. The first-order valence-electron chi connectivity index (χ1n) is 11.4. The van der Waals surface area contributed by atoms with E-state index in [-0.39, 0.29) is 29.6 Å². The summed E-state index contributed by atoms with van der Waals surface area (Å²) in [5.41, 5.74) is 0.364. The highest BCUT2D eigenvalue weighted by atomic mass is 16.5. The van der Waals surface area contributed by atoms with Gasteiger partial charge in [0.05, 0.1) is 14.2 Å². The smallest absolute Gasteiger partial charge is 0.252 e. The zero-order valence-corrected chi connectivity index (χ0v) is 20.1. The molecule has 1 heterocycles. The molecular formula is C24H37N3O5. The number of likely N-dealkylation sites (tertiary alicyclic amines) is 1. The van der Waals surface area contributed by atoms with Crippen molar-refractivity contribution < 1.29 is 23.9 Å². The first kappa shape index (κ1) is 25.5. The summed E-state index contributed by atoms with van der Waals surface area (Å²) in [5.74, 6) is 0.564. The number of hydrogen-bond acceptors (Lipinski definition) is 5. The SMILES string of the molecule is CCN(CC)C(=O)C1CCN(C(=O)C(NC(=O)c2cc(OC)cc(OC)c2)C(C)C)CC1. The van der Waals surface area contributed by atoms with Crippen molar-refractivity contribution in [3.8, 4) is 11.5 Å². The van der Waals surface area contributed by atoms with Crippen molar-refractivity contribution in [2.75, 3.05) is 40.4 Å². The molecule has 8 heteroatoms. The lowest BCUT2D eigenvalue weighted by Crippen LogP contribution is -2.53. The Labute approximate surface area is 191 Å². The van der Waals surface area contributed by atoms with E-state index in [0.717, 1.165) is 0 Å². The van der Waals surface area contributed by atoms with Crippen molar-refractivity contribution in [1.29, 1.82) is 0 Å². The lowest BCUT2D eigenvalue weighted by Gasteiger charge is -2.36. The summed E-state index contributed by atoms with van der Waals surface area (Å²) < 4.78 is 10.5. The van der Waals surface area contributed by atoms with Gasteiger partial charge in [0, 0.05) is 43.7 Å². The van der Waals surface area contributed by atoms with Gasteiger partial charge >= 0.3 is 0 Å². The molecule has 1 aromatic carbocycles. The lowest BCUT2D eigenvalue weighted by molar-refractivity contribution is -0.141. The molecule has 178 valence electrons. The molecule has 3 amide bonds. The number of carbonyl (C=O) groups excluding carboxylic acids is 3. The Morgan fingerprint density at radius 2 is 1.56 bits per heavy atom. The van der Waals surface area contributed by atoms with E-state index in [2.05, 4.69) is 5.32 Å². The van der Waals surface area contributed by atoms with Crippen molar-refractivity contribution in [2.24, 2.45) is 11.8 Å². The minimum atomic E-state index is -0.658. The van der Waals surface area contributed by atoms with Gasteiger partial charge in [0.1, 0.15) is 17.5 Å². The van der Waals surface area contributed by atoms with Crippen LogP contribution in [-0.2, 0) is 9.59 Å². The molecule has 0 bridgehead atoms. The van der Waals surface area contributed by atoms with E-state index in [4.69, 9.17) is 9.47 Å². The van der Waals surface area contributed by atoms with Gasteiger partial charge in [-0.3, -0.25) is 14.4 Å². The van der Waals surface area contributed by atoms with Crippen molar-refractivity contribution in [3.05, 3.63) is 23.8 Å². The molecule has 1 unspecified atom stereocenters. The van der Waals surface area contributed by atoms with Crippen LogP contribution in [0.1, 0.15) is 50.9 Å². The molecule has 1 aromatic rings. The molecular weight excluding hydrogens is 410 g/mol. The summed E-state index contributed by atoms with van der Waals surface area (Å²) in [5, 5.41) is 2.89. The largest absolute Gasteiger partial charge is 0.497 e. The lowest BCUT2D eigenvalue weighted by atomic mass is 9.93. The zero-order valence-electron chi connectivity index (χ0n) is 20.1. The Kier molecular flexibility index (Phi) is 9.35. The van der Waals surface area contributed by atoms with Gasteiger partial charge in [-0.2, -0.15) is 0 Å². The van der Waals surface area contributed by atoms with Crippen molar-refractivity contribution >= 4 is 17.7 Å². The van der Waals surface area contributed by atoms with Crippen LogP contribution >= 0.6 is 0 Å². The first-order valence-corrected chi connectivity index (χ1v) is 11.4. The molecule has 1 atom stereocenters. The topological polar surface area (TPSA) is 88.2 Å². The van der Waals surface area contributed by atoms with E-state index in [9.17, 15) is 14.4 Å². The first-order chi connectivity index (χ1) is 15.2. The second kappa shape index (κ2) is 11.7. The van der Waals surface area contributed by atoms with Crippen molar-refractivity contribution in [2.45, 2.75) is 46.6 Å². The summed E-state index contributed by atoms with van der Waals surface area (Å²) in [7, 11) is 3.04. The third-order valence-corrected chi connectivity index (χ3v) is 6.06. The molecule has 0 radical (unpaired) electrons. The van der Waals surface area contributed by atoms with Crippen LogP contribution in [-0.4, -0.2) is 74.0 Å². The Bertz CT molecular complexity index is 777. The number of ether oxygens (including phenoxy) is 2. The van der Waals surface area contributed by atoms with E-state index in [1.165, 1.54) is 14.2 Å². The van der Waals surface area contributed by atoms with Crippen LogP contribution in [0.3, 0.4) is 0 Å². The fourth-order valence-corrected chi connectivity index (χ4v) is 4.01. The van der Waals surface area contributed by atoms with Crippen LogP contribution in [0.5, 0.6) is 11.5 Å². The standard InChI is InChI=1S/C24H37N3O5/c1-7-26(8-2)23(29)17-9-11-27(12-10-17)24(30)21(16(3)4)25-22(28)18-13-19(31-5)15-20(14-18)32-6/h13-17,21H,7-12H2,1-6H3,(H,25,28). The quantitative estimate of drug-likeness (QED) is 0.629. The third kappa shape index (κ3) is 6.14. The van der Waals surface area contributed by atoms with Crippen LogP contribution in [0.4, 0.5) is 0 Å². The number of carbonyl (C=O) groups is 3. The van der Waals surface area contributed by atoms with Gasteiger partial charge in [0.15, 0.2) is 0 Å². The maximum absolute atomic E-state index is 13.2.